The fourth-order valence-electron chi connectivity index (χ4n) is 0. The molecule has 5 heteroatoms. The number of nitrogens with zero attached hydrogens (tertiary/aromatic N) is 1. The first kappa shape index (κ1) is 8.90. The monoisotopic (exact) mass is 79.0 g/mol. The summed E-state index contributed by atoms with van der Waals surface area (Å²) in [5.41, 5.74) is 0. The van der Waals surface area contributed by atoms with Crippen molar-refractivity contribution in [1.82, 2.24) is 6.15 Å². The van der Waals surface area contributed by atoms with Crippen LogP contribution in [0.2, 0.25) is 0 Å². The summed E-state index contributed by atoms with van der Waals surface area (Å²) in [6, 6.07) is 0. The van der Waals surface area contributed by atoms with E-state index in [0.29, 0.717) is 0 Å². The third kappa shape index (κ3) is 6.03. The van der Waals surface area contributed by atoms with Crippen molar-refractivity contribution in [2.45, 2.75) is 0 Å². The summed E-state index contributed by atoms with van der Waals surface area (Å²) in [6.07, 6.45) is 0. The molecule has 0 unspecified atom stereocenters. The van der Waals surface area contributed by atoms with Gasteiger partial charge in [0.1, 0.15) is 0 Å². The van der Waals surface area contributed by atoms with Crippen LogP contribution in [-0.2, 0) is 5.21 Å². The second kappa shape index (κ2) is 3.16. The van der Waals surface area contributed by atoms with Crippen molar-refractivity contribution in [2.24, 2.45) is 0 Å². The van der Waals surface area contributed by atoms with Gasteiger partial charge in [-0.05, 0) is 0 Å². The topological polar surface area (TPSA) is 98.0 Å². The molecule has 0 saturated heterocycles. The van der Waals surface area contributed by atoms with E-state index < -0.39 is 5.09 Å². The van der Waals surface area contributed by atoms with Gasteiger partial charge in [0.05, 0.1) is 0 Å². The molecule has 31 valence electrons. The van der Waals surface area contributed by atoms with Crippen LogP contribution in [0.5, 0.6) is 0 Å². The lowest BCUT2D eigenvalue weighted by Gasteiger charge is -1.49. The highest BCUT2D eigenvalue weighted by Crippen LogP contribution is 1.41. The Bertz CT molecular complexity index is 27.9. The van der Waals surface area contributed by atoms with Crippen LogP contribution < -0.4 is 6.15 Å². The van der Waals surface area contributed by atoms with Crippen molar-refractivity contribution in [3.05, 3.63) is 10.1 Å². The van der Waals surface area contributed by atoms with E-state index in [1.165, 1.54) is 0 Å². The minimum Gasteiger partial charge on any atom is -0.344 e. The molecule has 0 aromatic heterocycles. The Kier molecular flexibility index (Phi) is 5.63. The lowest BCUT2D eigenvalue weighted by molar-refractivity contribution is -0.782. The van der Waals surface area contributed by atoms with E-state index >= 15 is 0 Å². The van der Waals surface area contributed by atoms with E-state index in [9.17, 15) is 0 Å². The zero-order valence-corrected chi connectivity index (χ0v) is 2.38. The van der Waals surface area contributed by atoms with Crippen molar-refractivity contribution >= 4 is 0 Å². The summed E-state index contributed by atoms with van der Waals surface area (Å²) in [7, 11) is 0. The molecule has 0 aliphatic heterocycles. The molecule has 0 fully saturated rings. The maximum atomic E-state index is 8.25. The first-order valence-corrected chi connectivity index (χ1v) is 0.548. The van der Waals surface area contributed by atoms with Crippen LogP contribution >= 0.6 is 0 Å². The van der Waals surface area contributed by atoms with Crippen molar-refractivity contribution in [2.75, 3.05) is 0 Å². The van der Waals surface area contributed by atoms with E-state index in [4.69, 9.17) is 15.3 Å². The molecule has 5 heavy (non-hydrogen) atoms. The molecular formula is H3N2O3. The second-order valence-electron chi connectivity index (χ2n) is 0.224. The van der Waals surface area contributed by atoms with Gasteiger partial charge in [0, 0.05) is 0 Å². The van der Waals surface area contributed by atoms with Gasteiger partial charge in [-0.25, -0.2) is 0 Å². The van der Waals surface area contributed by atoms with E-state index in [0.717, 1.165) is 0 Å². The smallest absolute Gasteiger partial charge is 0.322 e. The standard InChI is InChI=1S/NO3.H3N/c2-1(3)4;/h;1H3. The second-order valence-corrected chi connectivity index (χ2v) is 0.224. The highest BCUT2D eigenvalue weighted by Gasteiger charge is 1.70. The van der Waals surface area contributed by atoms with Crippen LogP contribution in [0.1, 0.15) is 0 Å². The fraction of sp³-hybridized carbons (Fsp3) is 0. The molecule has 5 nitrogen and oxygen atoms in total. The Hall–Kier alpha value is -0.840. The van der Waals surface area contributed by atoms with E-state index in [-0.39, 0.29) is 6.15 Å². The Labute approximate surface area is 27.9 Å². The molecule has 0 aliphatic carbocycles. The third-order valence-electron chi connectivity index (χ3n) is 0. The number of hydrogen-bond acceptors (Lipinski definition) is 3. The number of hydrogen-bond donors (Lipinski definition) is 1. The quantitative estimate of drug-likeness (QED) is 0.320. The zero-order valence-electron chi connectivity index (χ0n) is 2.38. The van der Waals surface area contributed by atoms with Crippen LogP contribution in [0.3, 0.4) is 0 Å². The molecule has 0 rings (SSSR count). The summed E-state index contributed by atoms with van der Waals surface area (Å²) in [5, 5.41) is 14.8. The van der Waals surface area contributed by atoms with Gasteiger partial charge < -0.3 is 6.15 Å². The molecule has 3 N–H and O–H groups in total. The van der Waals surface area contributed by atoms with Gasteiger partial charge in [-0.1, -0.05) is 0 Å². The van der Waals surface area contributed by atoms with Crippen LogP contribution in [0.25, 0.3) is 0 Å². The molecule has 0 atom stereocenters. The van der Waals surface area contributed by atoms with E-state index in [1.54, 1.807) is 0 Å². The van der Waals surface area contributed by atoms with Gasteiger partial charge in [-0.2, -0.15) is 0 Å². The predicted molar refractivity (Wildman–Crippen MR) is 12.7 cm³/mol. The fourth-order valence-corrected chi connectivity index (χ4v) is 0. The predicted octanol–water partition coefficient (Wildman–Crippen LogP) is -0.229. The first-order chi connectivity index (χ1) is 1.73. The maximum Gasteiger partial charge on any atom is 0.322 e. The van der Waals surface area contributed by atoms with Gasteiger partial charge in [0.15, 0.2) is 0 Å². The van der Waals surface area contributed by atoms with Crippen LogP contribution in [-0.4, -0.2) is 5.09 Å². The minimum atomic E-state index is -1.75. The summed E-state index contributed by atoms with van der Waals surface area (Å²) >= 11 is 0. The van der Waals surface area contributed by atoms with Crippen LogP contribution in [0.4, 0.5) is 0 Å². The lowest BCUT2D eigenvalue weighted by Crippen LogP contribution is -1.77. The Morgan fingerprint density at radius 1 is 1.60 bits per heavy atom. The Balaban J connectivity index is 0. The Morgan fingerprint density at radius 2 is 1.60 bits per heavy atom. The van der Waals surface area contributed by atoms with Crippen molar-refractivity contribution in [1.29, 1.82) is 0 Å². The summed E-state index contributed by atoms with van der Waals surface area (Å²) < 4.78 is 0. The molecule has 1 radical (unpaired) electrons. The zero-order chi connectivity index (χ0) is 3.58. The summed E-state index contributed by atoms with van der Waals surface area (Å²) in [5.74, 6) is 0. The Morgan fingerprint density at radius 3 is 1.60 bits per heavy atom. The van der Waals surface area contributed by atoms with Crippen molar-refractivity contribution in [3.8, 4) is 0 Å². The molecule has 0 aliphatic rings. The molecule has 0 bridgehead atoms. The highest BCUT2D eigenvalue weighted by atomic mass is 16.9. The SMILES string of the molecule is N.[O][N+](=O)[O-]. The highest BCUT2D eigenvalue weighted by molar-refractivity contribution is 3.83. The summed E-state index contributed by atoms with van der Waals surface area (Å²) in [6.45, 7) is 0. The first-order valence-electron chi connectivity index (χ1n) is 0.548. The molecule has 0 amide bonds. The molecule has 0 saturated carbocycles. The molecule has 0 aromatic rings. The average molecular weight is 79.0 g/mol. The molecule has 0 spiro atoms. The van der Waals surface area contributed by atoms with Crippen LogP contribution in [0.15, 0.2) is 0 Å². The molecular weight excluding hydrogens is 76.0 g/mol. The van der Waals surface area contributed by atoms with E-state index in [1.807, 2.05) is 0 Å². The number of rotatable bonds is 0. The largest absolute Gasteiger partial charge is 0.344 e. The van der Waals surface area contributed by atoms with Gasteiger partial charge in [-0.15, -0.1) is 15.3 Å². The lowest BCUT2D eigenvalue weighted by atomic mass is 13.1. The van der Waals surface area contributed by atoms with Gasteiger partial charge in [-0.3, -0.25) is 0 Å². The van der Waals surface area contributed by atoms with Crippen molar-refractivity contribution in [3.63, 3.8) is 0 Å². The minimum absolute atomic E-state index is 0. The third-order valence-corrected chi connectivity index (χ3v) is 0. The normalized spacial score (nSPS) is 4.80. The maximum absolute atomic E-state index is 8.25. The molecule has 0 aromatic carbocycles. The summed E-state index contributed by atoms with van der Waals surface area (Å²) in [4.78, 5) is 8.25. The van der Waals surface area contributed by atoms with E-state index in [2.05, 4.69) is 0 Å². The average Bonchev–Trinajstić information content (AvgIpc) is 0.811. The van der Waals surface area contributed by atoms with Gasteiger partial charge >= 0.3 is 5.09 Å². The van der Waals surface area contributed by atoms with Crippen molar-refractivity contribution < 1.29 is 10.3 Å². The van der Waals surface area contributed by atoms with Gasteiger partial charge in [0.2, 0.25) is 0 Å². The van der Waals surface area contributed by atoms with Gasteiger partial charge in [0.25, 0.3) is 0 Å². The van der Waals surface area contributed by atoms with Crippen LogP contribution in [0, 0.1) is 10.1 Å². The molecule has 0 heterocycles.